The second-order valence-electron chi connectivity index (χ2n) is 11.0. The van der Waals surface area contributed by atoms with Gasteiger partial charge >= 0.3 is 5.97 Å². The molecule has 0 amide bonds. The zero-order valence-corrected chi connectivity index (χ0v) is 23.1. The number of ketones is 1. The largest absolute Gasteiger partial charge is 0.500 e. The molecule has 0 saturated carbocycles. The Labute approximate surface area is 221 Å². The first-order valence-electron chi connectivity index (χ1n) is 13.8. The van der Waals surface area contributed by atoms with Crippen LogP contribution in [0.3, 0.4) is 0 Å². The average Bonchev–Trinajstić information content (AvgIpc) is 2.87. The van der Waals surface area contributed by atoms with Gasteiger partial charge in [0, 0.05) is 36.4 Å². The Kier molecular flexibility index (Phi) is 9.11. The summed E-state index contributed by atoms with van der Waals surface area (Å²) in [7, 11) is -2.15. The van der Waals surface area contributed by atoms with E-state index in [-0.39, 0.29) is 48.6 Å². The predicted octanol–water partition coefficient (Wildman–Crippen LogP) is 5.32. The minimum absolute atomic E-state index is 0.0111. The number of nitrogens with zero attached hydrogens (tertiary/aromatic N) is 1. The van der Waals surface area contributed by atoms with Crippen molar-refractivity contribution in [3.8, 4) is 0 Å². The molecule has 7 nitrogen and oxygen atoms in total. The Bertz CT molecular complexity index is 1110. The normalized spacial score (nSPS) is 27.4. The molecular weight excluding hydrogens is 490 g/mol. The molecule has 4 aliphatic rings. The molecule has 3 aliphatic heterocycles. The van der Waals surface area contributed by atoms with Gasteiger partial charge in [-0.15, -0.1) is 0 Å². The van der Waals surface area contributed by atoms with Gasteiger partial charge in [-0.1, -0.05) is 62.6 Å². The molecule has 2 bridgehead atoms. The number of carbonyl (C=O) groups is 2. The Morgan fingerprint density at radius 3 is 2.27 bits per heavy atom. The van der Waals surface area contributed by atoms with Gasteiger partial charge in [-0.05, 0) is 38.3 Å². The summed E-state index contributed by atoms with van der Waals surface area (Å²) in [5.41, 5.74) is 1.10. The number of hydrogen-bond donors (Lipinski definition) is 0. The summed E-state index contributed by atoms with van der Waals surface area (Å²) in [6.45, 7) is 2.80. The maximum absolute atomic E-state index is 13.6. The molecule has 1 aliphatic carbocycles. The quantitative estimate of drug-likeness (QED) is 0.490. The highest BCUT2D eigenvalue weighted by Crippen LogP contribution is 2.51. The third-order valence-corrected chi connectivity index (χ3v) is 10.3. The molecule has 0 radical (unpaired) electrons. The van der Waals surface area contributed by atoms with Crippen LogP contribution in [-0.4, -0.2) is 51.3 Å². The van der Waals surface area contributed by atoms with Crippen molar-refractivity contribution in [2.75, 3.05) is 26.8 Å². The first-order chi connectivity index (χ1) is 17.8. The van der Waals surface area contributed by atoms with E-state index in [1.807, 2.05) is 19.1 Å². The Hall–Kier alpha value is -2.19. The van der Waals surface area contributed by atoms with Gasteiger partial charge in [0.1, 0.15) is 5.76 Å². The number of cyclic esters (lactones) is 1. The van der Waals surface area contributed by atoms with Gasteiger partial charge in [0.05, 0.1) is 25.0 Å². The minimum Gasteiger partial charge on any atom is -0.500 e. The van der Waals surface area contributed by atoms with Gasteiger partial charge in [0.15, 0.2) is 5.78 Å². The topological polar surface area (TPSA) is 90.0 Å². The fourth-order valence-electron chi connectivity index (χ4n) is 6.22. The van der Waals surface area contributed by atoms with Crippen molar-refractivity contribution in [1.82, 2.24) is 4.31 Å². The summed E-state index contributed by atoms with van der Waals surface area (Å²) in [5, 5.41) is 0. The zero-order valence-electron chi connectivity index (χ0n) is 22.3. The molecule has 1 spiro atoms. The van der Waals surface area contributed by atoms with Crippen LogP contribution >= 0.6 is 0 Å². The van der Waals surface area contributed by atoms with Crippen LogP contribution in [0.5, 0.6) is 0 Å². The number of aryl methyl sites for hydroxylation is 1. The summed E-state index contributed by atoms with van der Waals surface area (Å²) >= 11 is 0. The highest BCUT2D eigenvalue weighted by Gasteiger charge is 2.52. The van der Waals surface area contributed by atoms with Gasteiger partial charge in [0.2, 0.25) is 10.0 Å². The third-order valence-electron chi connectivity index (χ3n) is 8.42. The van der Waals surface area contributed by atoms with Crippen LogP contribution < -0.4 is 0 Å². The van der Waals surface area contributed by atoms with Gasteiger partial charge in [-0.3, -0.25) is 9.59 Å². The van der Waals surface area contributed by atoms with Crippen molar-refractivity contribution in [1.29, 1.82) is 0 Å². The van der Waals surface area contributed by atoms with Crippen LogP contribution in [0.4, 0.5) is 0 Å². The van der Waals surface area contributed by atoms with Crippen molar-refractivity contribution in [3.63, 3.8) is 0 Å². The minimum atomic E-state index is -3.71. The fourth-order valence-corrected chi connectivity index (χ4v) is 7.70. The van der Waals surface area contributed by atoms with E-state index >= 15 is 0 Å². The van der Waals surface area contributed by atoms with E-state index in [1.165, 1.54) is 4.31 Å². The maximum atomic E-state index is 13.6. The molecule has 204 valence electrons. The van der Waals surface area contributed by atoms with Crippen molar-refractivity contribution in [3.05, 3.63) is 41.2 Å². The monoisotopic (exact) mass is 531 g/mol. The Morgan fingerprint density at radius 1 is 0.946 bits per heavy atom. The van der Waals surface area contributed by atoms with E-state index in [9.17, 15) is 18.0 Å². The lowest BCUT2D eigenvalue weighted by molar-refractivity contribution is -0.164. The molecule has 3 heterocycles. The fraction of sp³-hybridized carbons (Fsp3) is 0.655. The number of carbonyl (C=O) groups excluding carboxylic acids is 2. The number of rotatable bonds is 3. The second-order valence-corrected chi connectivity index (χ2v) is 12.9. The van der Waals surface area contributed by atoms with Crippen LogP contribution in [0.15, 0.2) is 40.5 Å². The number of hydrogen-bond acceptors (Lipinski definition) is 6. The van der Waals surface area contributed by atoms with Crippen LogP contribution in [0.2, 0.25) is 0 Å². The highest BCUT2D eigenvalue weighted by atomic mass is 32.2. The molecule has 2 saturated heterocycles. The van der Waals surface area contributed by atoms with E-state index in [4.69, 9.17) is 9.47 Å². The highest BCUT2D eigenvalue weighted by molar-refractivity contribution is 7.89. The number of allylic oxidation sites excluding steroid dienone is 1. The van der Waals surface area contributed by atoms with Gasteiger partial charge < -0.3 is 9.47 Å². The van der Waals surface area contributed by atoms with Gasteiger partial charge in [0.25, 0.3) is 0 Å². The van der Waals surface area contributed by atoms with Crippen molar-refractivity contribution in [2.45, 2.75) is 88.9 Å². The van der Waals surface area contributed by atoms with E-state index in [1.54, 1.807) is 19.2 Å². The summed E-state index contributed by atoms with van der Waals surface area (Å²) in [5.74, 6) is 0.0792. The summed E-state index contributed by atoms with van der Waals surface area (Å²) < 4.78 is 40.1. The number of benzene rings is 1. The van der Waals surface area contributed by atoms with E-state index in [0.717, 1.165) is 63.4 Å². The second kappa shape index (κ2) is 12.1. The molecule has 2 fully saturated rings. The summed E-state index contributed by atoms with van der Waals surface area (Å²) in [6.07, 6.45) is 10.0. The molecule has 5 rings (SSSR count). The summed E-state index contributed by atoms with van der Waals surface area (Å²) in [4.78, 5) is 26.1. The molecule has 37 heavy (non-hydrogen) atoms. The number of sulfonamides is 1. The molecule has 0 N–H and O–H groups in total. The molecule has 2 atom stereocenters. The van der Waals surface area contributed by atoms with Crippen LogP contribution in [-0.2, 0) is 29.1 Å². The number of fused-ring (bicyclic) bond motifs is 13. The summed E-state index contributed by atoms with van der Waals surface area (Å²) in [6, 6.07) is 6.93. The molecule has 0 aromatic heterocycles. The van der Waals surface area contributed by atoms with Gasteiger partial charge in [-0.25, -0.2) is 8.42 Å². The number of Topliss-reactive ketones (excluding diaryl/α,β-unsaturated/α-hetero) is 1. The van der Waals surface area contributed by atoms with Crippen molar-refractivity contribution >= 4 is 21.8 Å². The third kappa shape index (κ3) is 6.28. The first kappa shape index (κ1) is 27.8. The molecule has 0 unspecified atom stereocenters. The molecule has 8 heteroatoms. The van der Waals surface area contributed by atoms with E-state index < -0.39 is 15.4 Å². The standard InChI is InChI=1S/C29H41NO6S/c1-22-11-13-23(14-12-22)37(33,34)30-17-10-8-6-4-3-5-7-9-16-29-20-26(31)24(15-18-30)28(35-2)25(29)19-27(32)36-21-29/h11-14,25H,3-10,15-21H2,1-2H3/t25-,29-/m0/s1. The van der Waals surface area contributed by atoms with Gasteiger partial charge in [-0.2, -0.15) is 4.31 Å². The maximum Gasteiger partial charge on any atom is 0.306 e. The Morgan fingerprint density at radius 2 is 1.59 bits per heavy atom. The van der Waals surface area contributed by atoms with Crippen LogP contribution in [0, 0.1) is 18.3 Å². The number of methoxy groups -OCH3 is 1. The number of esters is 1. The molecule has 1 aromatic rings. The van der Waals surface area contributed by atoms with Crippen LogP contribution in [0.25, 0.3) is 0 Å². The zero-order chi connectivity index (χ0) is 26.5. The SMILES string of the molecule is COC1=C2CCN(S(=O)(=O)c3ccc(C)cc3)CCCCCCCCCC[C@@]3(COC(=O)C[C@@H]13)CC2=O. The van der Waals surface area contributed by atoms with E-state index in [2.05, 4.69) is 0 Å². The van der Waals surface area contributed by atoms with Crippen molar-refractivity contribution in [2.24, 2.45) is 11.3 Å². The predicted molar refractivity (Wildman–Crippen MR) is 141 cm³/mol. The first-order valence-corrected chi connectivity index (χ1v) is 15.2. The van der Waals surface area contributed by atoms with Crippen LogP contribution in [0.1, 0.15) is 82.6 Å². The molecular formula is C29H41NO6S. The Balaban J connectivity index is 1.67. The molecule has 1 aromatic carbocycles. The van der Waals surface area contributed by atoms with Crippen molar-refractivity contribution < 1.29 is 27.5 Å². The lowest BCUT2D eigenvalue weighted by atomic mass is 9.61. The van der Waals surface area contributed by atoms with E-state index in [0.29, 0.717) is 24.3 Å². The lowest BCUT2D eigenvalue weighted by Gasteiger charge is -2.46. The number of ether oxygens (including phenoxy) is 2. The smallest absolute Gasteiger partial charge is 0.306 e. The average molecular weight is 532 g/mol. The lowest BCUT2D eigenvalue weighted by Crippen LogP contribution is -2.48.